The van der Waals surface area contributed by atoms with Gasteiger partial charge in [-0.2, -0.15) is 0 Å². The van der Waals surface area contributed by atoms with Gasteiger partial charge in [-0.15, -0.1) is 0 Å². The molecule has 1 N–H and O–H groups in total. The number of aromatic carboxylic acids is 1. The van der Waals surface area contributed by atoms with E-state index in [1.54, 1.807) is 18.2 Å². The highest BCUT2D eigenvalue weighted by molar-refractivity contribution is 5.82. The number of carboxylic acids is 1. The molecule has 0 aliphatic heterocycles. The summed E-state index contributed by atoms with van der Waals surface area (Å²) in [4.78, 5) is 24.2. The number of carbonyl (C=O) groups is 1. The minimum absolute atomic E-state index is 0.0458. The van der Waals surface area contributed by atoms with Crippen molar-refractivity contribution in [2.45, 2.75) is 0 Å². The summed E-state index contributed by atoms with van der Waals surface area (Å²) in [6, 6.07) is 7.79. The molecule has 1 aromatic carbocycles. The maximum atomic E-state index is 11.9. The molecule has 0 atom stereocenters. The molecular weight excluding hydrogens is 254 g/mol. The second kappa shape index (κ2) is 4.69. The minimum Gasteiger partial charge on any atom is -0.710 e. The molecule has 0 spiro atoms. The molecule has 0 aliphatic rings. The van der Waals surface area contributed by atoms with Crippen LogP contribution in [0.5, 0.6) is 0 Å². The Balaban J connectivity index is 2.78. The monoisotopic (exact) mass is 261 g/mol. The van der Waals surface area contributed by atoms with E-state index in [2.05, 4.69) is 4.98 Å². The van der Waals surface area contributed by atoms with Gasteiger partial charge in [0.1, 0.15) is 0 Å². The van der Waals surface area contributed by atoms with Crippen LogP contribution in [0.25, 0.3) is 11.3 Å². The number of hydrogen-bond donors (Lipinski definition) is 1. The number of rotatable bonds is 3. The molecule has 1 aromatic heterocycles. The fourth-order valence-corrected chi connectivity index (χ4v) is 1.58. The number of nitro groups is 1. The van der Waals surface area contributed by atoms with E-state index in [-0.39, 0.29) is 16.0 Å². The average Bonchev–Trinajstić information content (AvgIpc) is 2.38. The second-order valence-electron chi connectivity index (χ2n) is 3.54. The highest BCUT2D eigenvalue weighted by Gasteiger charge is 2.29. The van der Waals surface area contributed by atoms with E-state index in [1.165, 1.54) is 12.1 Å². The standard InChI is InChI=1S/C11H7N3O5/c15-11(16)10-12-6-8(14(18)19)9(13(10)17)7-4-2-1-3-5-7/h1-6H,(H,15,16). The lowest BCUT2D eigenvalue weighted by Crippen LogP contribution is -2.39. The first-order valence-electron chi connectivity index (χ1n) is 5.08. The third-order valence-electron chi connectivity index (χ3n) is 2.38. The van der Waals surface area contributed by atoms with E-state index in [1.807, 2.05) is 0 Å². The van der Waals surface area contributed by atoms with Gasteiger partial charge in [-0.25, -0.2) is 9.52 Å². The Morgan fingerprint density at radius 3 is 2.47 bits per heavy atom. The van der Waals surface area contributed by atoms with Crippen LogP contribution in [0.1, 0.15) is 10.6 Å². The molecule has 0 unspecified atom stereocenters. The quantitative estimate of drug-likeness (QED) is 0.380. The molecule has 0 saturated carbocycles. The fraction of sp³-hybridized carbons (Fsp3) is 0. The van der Waals surface area contributed by atoms with Crippen LogP contribution in [-0.4, -0.2) is 21.0 Å². The summed E-state index contributed by atoms with van der Waals surface area (Å²) in [5.41, 5.74) is -0.654. The highest BCUT2D eigenvalue weighted by atomic mass is 16.6. The topological polar surface area (TPSA) is 120 Å². The first-order chi connectivity index (χ1) is 9.02. The predicted molar refractivity (Wildman–Crippen MR) is 62.2 cm³/mol. The van der Waals surface area contributed by atoms with E-state index < -0.39 is 22.4 Å². The Kier molecular flexibility index (Phi) is 3.06. The van der Waals surface area contributed by atoms with Crippen LogP contribution in [0, 0.1) is 15.3 Å². The molecule has 8 heteroatoms. The van der Waals surface area contributed by atoms with Crippen molar-refractivity contribution in [2.24, 2.45) is 0 Å². The molecule has 1 heterocycles. The summed E-state index contributed by atoms with van der Waals surface area (Å²) < 4.78 is -0.0458. The Bertz CT molecular complexity index is 657. The van der Waals surface area contributed by atoms with E-state index in [9.17, 15) is 20.1 Å². The summed E-state index contributed by atoms with van der Waals surface area (Å²) in [5, 5.41) is 31.6. The summed E-state index contributed by atoms with van der Waals surface area (Å²) in [6.45, 7) is 0. The SMILES string of the molecule is O=C(O)c1ncc([N+](=O)[O-])c(-c2ccccc2)[n+]1[O-]. The van der Waals surface area contributed by atoms with Crippen molar-refractivity contribution in [2.75, 3.05) is 0 Å². The molecule has 0 bridgehead atoms. The largest absolute Gasteiger partial charge is 0.710 e. The molecule has 0 aliphatic carbocycles. The lowest BCUT2D eigenvalue weighted by atomic mass is 10.1. The number of hydrogen-bond acceptors (Lipinski definition) is 5. The molecular formula is C11H7N3O5. The zero-order valence-corrected chi connectivity index (χ0v) is 9.39. The van der Waals surface area contributed by atoms with Crippen LogP contribution in [0.2, 0.25) is 0 Å². The van der Waals surface area contributed by atoms with Crippen molar-refractivity contribution >= 4 is 11.7 Å². The van der Waals surface area contributed by atoms with Crippen molar-refractivity contribution in [3.8, 4) is 11.3 Å². The van der Waals surface area contributed by atoms with Crippen LogP contribution >= 0.6 is 0 Å². The molecule has 8 nitrogen and oxygen atoms in total. The molecule has 0 amide bonds. The minimum atomic E-state index is -1.55. The van der Waals surface area contributed by atoms with Crippen LogP contribution in [0.4, 0.5) is 5.69 Å². The van der Waals surface area contributed by atoms with Crippen molar-refractivity contribution in [3.05, 3.63) is 57.7 Å². The fourth-order valence-electron chi connectivity index (χ4n) is 1.58. The van der Waals surface area contributed by atoms with Gasteiger partial charge in [-0.3, -0.25) is 10.1 Å². The van der Waals surface area contributed by atoms with Crippen LogP contribution in [0.3, 0.4) is 0 Å². The Morgan fingerprint density at radius 2 is 1.95 bits per heavy atom. The van der Waals surface area contributed by atoms with Gasteiger partial charge in [0.15, 0.2) is 0 Å². The zero-order valence-electron chi connectivity index (χ0n) is 9.39. The Labute approximate surface area is 106 Å². The second-order valence-corrected chi connectivity index (χ2v) is 3.54. The van der Waals surface area contributed by atoms with Gasteiger partial charge in [-0.1, -0.05) is 30.3 Å². The molecule has 0 fully saturated rings. The van der Waals surface area contributed by atoms with Gasteiger partial charge in [0, 0.05) is 5.56 Å². The van der Waals surface area contributed by atoms with Gasteiger partial charge in [0.05, 0.1) is 4.92 Å². The van der Waals surface area contributed by atoms with Gasteiger partial charge in [0.2, 0.25) is 11.9 Å². The number of benzene rings is 1. The van der Waals surface area contributed by atoms with Crippen molar-refractivity contribution in [3.63, 3.8) is 0 Å². The summed E-state index contributed by atoms with van der Waals surface area (Å²) in [5.74, 6) is -2.37. The molecule has 2 rings (SSSR count). The maximum absolute atomic E-state index is 11.9. The molecule has 19 heavy (non-hydrogen) atoms. The lowest BCUT2D eigenvalue weighted by molar-refractivity contribution is -0.604. The normalized spacial score (nSPS) is 10.1. The molecule has 2 aromatic rings. The van der Waals surface area contributed by atoms with Crippen LogP contribution in [-0.2, 0) is 0 Å². The first kappa shape index (κ1) is 12.4. The molecule has 0 radical (unpaired) electrons. The van der Waals surface area contributed by atoms with Crippen molar-refractivity contribution < 1.29 is 19.6 Å². The van der Waals surface area contributed by atoms with Gasteiger partial charge >= 0.3 is 17.5 Å². The summed E-state index contributed by atoms with van der Waals surface area (Å²) in [6.07, 6.45) is 0.764. The van der Waals surface area contributed by atoms with Gasteiger partial charge < -0.3 is 10.3 Å². The third kappa shape index (κ3) is 2.18. The van der Waals surface area contributed by atoms with Crippen molar-refractivity contribution in [1.82, 2.24) is 4.98 Å². The zero-order chi connectivity index (χ0) is 14.0. The predicted octanol–water partition coefficient (Wildman–Crippen LogP) is 0.988. The summed E-state index contributed by atoms with van der Waals surface area (Å²) in [7, 11) is 0. The smallest absolute Gasteiger partial charge is 0.424 e. The lowest BCUT2D eigenvalue weighted by Gasteiger charge is -2.09. The maximum Gasteiger partial charge on any atom is 0.424 e. The van der Waals surface area contributed by atoms with Crippen LogP contribution < -0.4 is 4.73 Å². The highest BCUT2D eigenvalue weighted by Crippen LogP contribution is 2.25. The number of nitrogens with zero attached hydrogens (tertiary/aromatic N) is 3. The van der Waals surface area contributed by atoms with E-state index >= 15 is 0 Å². The van der Waals surface area contributed by atoms with Gasteiger partial charge in [0.25, 0.3) is 0 Å². The van der Waals surface area contributed by atoms with Crippen LogP contribution in [0.15, 0.2) is 36.5 Å². The number of carboxylic acid groups (broad SMARTS) is 1. The third-order valence-corrected chi connectivity index (χ3v) is 2.38. The van der Waals surface area contributed by atoms with Crippen molar-refractivity contribution in [1.29, 1.82) is 0 Å². The Morgan fingerprint density at radius 1 is 1.32 bits per heavy atom. The van der Waals surface area contributed by atoms with E-state index in [0.29, 0.717) is 0 Å². The number of aromatic nitrogens is 2. The first-order valence-corrected chi connectivity index (χ1v) is 5.08. The Hall–Kier alpha value is -3.03. The molecule has 96 valence electrons. The average molecular weight is 261 g/mol. The summed E-state index contributed by atoms with van der Waals surface area (Å²) >= 11 is 0. The van der Waals surface area contributed by atoms with Gasteiger partial charge in [-0.05, 0) is 4.98 Å². The van der Waals surface area contributed by atoms with E-state index in [4.69, 9.17) is 5.11 Å². The molecule has 0 saturated heterocycles. The van der Waals surface area contributed by atoms with E-state index in [0.717, 1.165) is 6.20 Å².